The van der Waals surface area contributed by atoms with E-state index in [1.807, 2.05) is 52.0 Å². The van der Waals surface area contributed by atoms with Crippen LogP contribution in [0.4, 0.5) is 4.79 Å². The van der Waals surface area contributed by atoms with Gasteiger partial charge in [0.2, 0.25) is 11.8 Å². The summed E-state index contributed by atoms with van der Waals surface area (Å²) in [5, 5.41) is 2.83. The number of carbonyl (C=O) groups excluding carboxylic acids is 3. The summed E-state index contributed by atoms with van der Waals surface area (Å²) in [7, 11) is 0. The van der Waals surface area contributed by atoms with Crippen molar-refractivity contribution >= 4 is 29.3 Å². The van der Waals surface area contributed by atoms with Crippen LogP contribution >= 0.6 is 0 Å². The molecule has 9 heteroatoms. The Bertz CT molecular complexity index is 1230. The number of aldehydes is 1. The van der Waals surface area contributed by atoms with Crippen molar-refractivity contribution in [3.05, 3.63) is 30.0 Å². The van der Waals surface area contributed by atoms with E-state index in [2.05, 4.69) is 5.32 Å². The minimum Gasteiger partial charge on any atom is -0.471 e. The normalized spacial score (nSPS) is 30.2. The fraction of sp³-hybridized carbons (Fsp3) is 0.633. The van der Waals surface area contributed by atoms with Gasteiger partial charge in [-0.3, -0.25) is 4.79 Å². The number of fused-ring (bicyclic) bond motifs is 5. The first kappa shape index (κ1) is 27.3. The van der Waals surface area contributed by atoms with Gasteiger partial charge in [0.25, 0.3) is 0 Å². The van der Waals surface area contributed by atoms with Gasteiger partial charge < -0.3 is 24.5 Å². The molecule has 1 saturated carbocycles. The smallest absolute Gasteiger partial charge is 0.408 e. The monoisotopic (exact) mass is 536 g/mol. The summed E-state index contributed by atoms with van der Waals surface area (Å²) >= 11 is 0. The number of nitrogens with one attached hydrogen (secondary N) is 1. The second kappa shape index (κ2) is 11.1. The summed E-state index contributed by atoms with van der Waals surface area (Å²) in [6.45, 7) is 7.92. The number of para-hydroxylation sites is 2. The molecule has 2 fully saturated rings. The molecule has 3 aliphatic rings. The predicted octanol–water partition coefficient (Wildman–Crippen LogP) is 4.46. The van der Waals surface area contributed by atoms with Gasteiger partial charge in [-0.05, 0) is 55.6 Å². The summed E-state index contributed by atoms with van der Waals surface area (Å²) in [6.07, 6.45) is 5.98. The van der Waals surface area contributed by atoms with Crippen LogP contribution in [0.5, 0.6) is 5.88 Å². The van der Waals surface area contributed by atoms with Gasteiger partial charge in [0.05, 0.1) is 23.6 Å². The van der Waals surface area contributed by atoms with E-state index in [9.17, 15) is 14.4 Å². The van der Waals surface area contributed by atoms with Crippen molar-refractivity contribution in [3.63, 3.8) is 0 Å². The third-order valence-electron chi connectivity index (χ3n) is 8.40. The molecule has 1 aromatic heterocycles. The zero-order valence-electron chi connectivity index (χ0n) is 23.4. The molecular formula is C30H40N4O5. The Morgan fingerprint density at radius 1 is 1.05 bits per heavy atom. The lowest BCUT2D eigenvalue weighted by Gasteiger charge is -2.34. The summed E-state index contributed by atoms with van der Waals surface area (Å²) in [5.74, 6) is 0.323. The molecule has 2 amide bonds. The standard InChI is InChI=1S/C30H40N4O5/c1-5-19-23(17-35)34-16-25(19)38-27-22(31-20-12-9-10-13-21(20)32-27)14-8-6-7-11-18-15-24(18)39-29(37)33-26(28(34)36)30(2,3)4/h9-10,12-13,17-19,23-26H,5-8,11,14-16H2,1-4H3,(H,33,37)/t18-,19+,23-,24-,25+,26-/m1/s1. The van der Waals surface area contributed by atoms with Gasteiger partial charge in [0, 0.05) is 5.92 Å². The average Bonchev–Trinajstić information content (AvgIpc) is 3.53. The fourth-order valence-corrected chi connectivity index (χ4v) is 6.01. The summed E-state index contributed by atoms with van der Waals surface area (Å²) in [5.41, 5.74) is 1.79. The van der Waals surface area contributed by atoms with Gasteiger partial charge in [0.15, 0.2) is 0 Å². The number of rotatable bonds is 2. The van der Waals surface area contributed by atoms with E-state index in [1.54, 1.807) is 4.90 Å². The molecule has 1 aromatic carbocycles. The lowest BCUT2D eigenvalue weighted by molar-refractivity contribution is -0.139. The highest BCUT2D eigenvalue weighted by Crippen LogP contribution is 2.39. The third-order valence-corrected chi connectivity index (χ3v) is 8.40. The van der Waals surface area contributed by atoms with Gasteiger partial charge in [-0.1, -0.05) is 52.7 Å². The van der Waals surface area contributed by atoms with E-state index in [0.29, 0.717) is 18.2 Å². The second-order valence-electron chi connectivity index (χ2n) is 12.3. The summed E-state index contributed by atoms with van der Waals surface area (Å²) < 4.78 is 12.2. The maximum atomic E-state index is 13.9. The fourth-order valence-electron chi connectivity index (χ4n) is 6.01. The van der Waals surface area contributed by atoms with Crippen LogP contribution in [-0.2, 0) is 20.7 Å². The molecule has 39 heavy (non-hydrogen) atoms. The van der Waals surface area contributed by atoms with Crippen molar-refractivity contribution < 1.29 is 23.9 Å². The molecule has 0 radical (unpaired) electrons. The molecule has 6 atom stereocenters. The van der Waals surface area contributed by atoms with Gasteiger partial charge in [-0.25, -0.2) is 14.8 Å². The van der Waals surface area contributed by atoms with Crippen molar-refractivity contribution in [2.24, 2.45) is 17.3 Å². The molecule has 210 valence electrons. The molecule has 0 unspecified atom stereocenters. The molecule has 1 N–H and O–H groups in total. The minimum absolute atomic E-state index is 0.102. The number of alkyl carbamates (subject to hydrolysis) is 1. The number of aryl methyl sites for hydroxylation is 1. The number of carbonyl (C=O) groups is 3. The summed E-state index contributed by atoms with van der Waals surface area (Å²) in [6, 6.07) is 6.23. The van der Waals surface area contributed by atoms with E-state index < -0.39 is 29.7 Å². The highest BCUT2D eigenvalue weighted by atomic mass is 16.6. The molecule has 1 aliphatic carbocycles. The Morgan fingerprint density at radius 3 is 2.49 bits per heavy atom. The van der Waals surface area contributed by atoms with Crippen LogP contribution in [0.1, 0.15) is 71.9 Å². The van der Waals surface area contributed by atoms with Crippen molar-refractivity contribution in [2.45, 2.75) is 96.9 Å². The molecule has 2 aromatic rings. The number of nitrogens with zero attached hydrogens (tertiary/aromatic N) is 3. The zero-order chi connectivity index (χ0) is 27.7. The highest BCUT2D eigenvalue weighted by molar-refractivity contribution is 5.89. The number of amides is 2. The molecule has 9 nitrogen and oxygen atoms in total. The molecule has 1 saturated heterocycles. The van der Waals surface area contributed by atoms with E-state index >= 15 is 0 Å². The van der Waals surface area contributed by atoms with Crippen molar-refractivity contribution in [1.29, 1.82) is 0 Å². The number of benzene rings is 1. The Morgan fingerprint density at radius 2 is 1.79 bits per heavy atom. The Kier molecular flexibility index (Phi) is 7.78. The van der Waals surface area contributed by atoms with E-state index in [0.717, 1.165) is 61.5 Å². The predicted molar refractivity (Wildman–Crippen MR) is 146 cm³/mol. The molecular weight excluding hydrogens is 496 g/mol. The maximum Gasteiger partial charge on any atom is 0.408 e. The number of hydrogen-bond acceptors (Lipinski definition) is 7. The minimum atomic E-state index is -0.851. The Balaban J connectivity index is 1.50. The lowest BCUT2D eigenvalue weighted by Crippen LogP contribution is -2.56. The Labute approximate surface area is 230 Å². The quantitative estimate of drug-likeness (QED) is 0.564. The number of ether oxygens (including phenoxy) is 2. The van der Waals surface area contributed by atoms with Crippen LogP contribution in [0, 0.1) is 17.3 Å². The van der Waals surface area contributed by atoms with Crippen molar-refractivity contribution in [2.75, 3.05) is 6.54 Å². The van der Waals surface area contributed by atoms with E-state index in [1.165, 1.54) is 0 Å². The third kappa shape index (κ3) is 5.87. The largest absolute Gasteiger partial charge is 0.471 e. The number of hydrogen-bond donors (Lipinski definition) is 1. The lowest BCUT2D eigenvalue weighted by atomic mass is 9.85. The first-order chi connectivity index (χ1) is 18.7. The highest BCUT2D eigenvalue weighted by Gasteiger charge is 2.49. The van der Waals surface area contributed by atoms with Crippen molar-refractivity contribution in [1.82, 2.24) is 20.2 Å². The van der Waals surface area contributed by atoms with Gasteiger partial charge >= 0.3 is 6.09 Å². The van der Waals surface area contributed by atoms with Crippen LogP contribution < -0.4 is 10.1 Å². The van der Waals surface area contributed by atoms with Gasteiger partial charge in [-0.15, -0.1) is 0 Å². The van der Waals surface area contributed by atoms with Gasteiger partial charge in [-0.2, -0.15) is 0 Å². The topological polar surface area (TPSA) is 111 Å². The van der Waals surface area contributed by atoms with Crippen LogP contribution in [0.25, 0.3) is 11.0 Å². The van der Waals surface area contributed by atoms with Crippen LogP contribution in [0.3, 0.4) is 0 Å². The SMILES string of the molecule is CC[C@@H]1[C@@H]2CN(C(=O)[C@H](C(C)(C)C)NC(=O)O[C@@H]3C[C@H]3CCCCCc3nc4ccccc4nc3O2)[C@@H]1C=O. The summed E-state index contributed by atoms with van der Waals surface area (Å²) in [4.78, 5) is 50.5. The zero-order valence-corrected chi connectivity index (χ0v) is 23.4. The first-order valence-electron chi connectivity index (χ1n) is 14.3. The molecule has 3 heterocycles. The van der Waals surface area contributed by atoms with Crippen LogP contribution in [0.2, 0.25) is 0 Å². The first-order valence-corrected chi connectivity index (χ1v) is 14.3. The molecule has 5 rings (SSSR count). The second-order valence-corrected chi connectivity index (χ2v) is 12.3. The van der Waals surface area contributed by atoms with Gasteiger partial charge in [0.1, 0.15) is 30.2 Å². The molecule has 0 spiro atoms. The van der Waals surface area contributed by atoms with E-state index in [4.69, 9.17) is 19.4 Å². The number of aromatic nitrogens is 2. The van der Waals surface area contributed by atoms with Crippen LogP contribution in [0.15, 0.2) is 24.3 Å². The van der Waals surface area contributed by atoms with E-state index in [-0.39, 0.29) is 24.5 Å². The Hall–Kier alpha value is -3.23. The molecule has 2 bridgehead atoms. The molecule has 2 aliphatic heterocycles. The van der Waals surface area contributed by atoms with Crippen molar-refractivity contribution in [3.8, 4) is 5.88 Å². The average molecular weight is 537 g/mol. The van der Waals surface area contributed by atoms with Crippen LogP contribution in [-0.4, -0.2) is 64.0 Å². The maximum absolute atomic E-state index is 13.9.